The van der Waals surface area contributed by atoms with Crippen LogP contribution >= 0.6 is 0 Å². The van der Waals surface area contributed by atoms with Gasteiger partial charge in [-0.25, -0.2) is 24.2 Å². The van der Waals surface area contributed by atoms with Crippen molar-refractivity contribution in [1.29, 1.82) is 0 Å². The zero-order valence-electron chi connectivity index (χ0n) is 34.6. The summed E-state index contributed by atoms with van der Waals surface area (Å²) in [7, 11) is 0. The van der Waals surface area contributed by atoms with Crippen LogP contribution in [0.25, 0.3) is 22.3 Å². The van der Waals surface area contributed by atoms with E-state index >= 15 is 0 Å². The number of carbonyl (C=O) groups is 4. The van der Waals surface area contributed by atoms with Gasteiger partial charge >= 0.3 is 24.2 Å². The summed E-state index contributed by atoms with van der Waals surface area (Å²) in [5, 5.41) is 24.5. The molecule has 16 heteroatoms. The minimum Gasteiger partial charge on any atom is -0.465 e. The summed E-state index contributed by atoms with van der Waals surface area (Å²) >= 11 is 0. The number of aliphatic imine (C=N–C) groups is 1. The third kappa shape index (κ3) is 10.3. The number of cyclic esters (lactones) is 1. The van der Waals surface area contributed by atoms with Crippen molar-refractivity contribution < 1.29 is 43.6 Å². The molecule has 314 valence electrons. The number of alkyl carbamates (subject to hydrolysis) is 1. The highest BCUT2D eigenvalue weighted by Gasteiger charge is 2.45. The van der Waals surface area contributed by atoms with Crippen LogP contribution in [0, 0.1) is 0 Å². The minimum absolute atomic E-state index is 0.0460. The van der Waals surface area contributed by atoms with Crippen molar-refractivity contribution in [2.75, 3.05) is 39.3 Å². The molecule has 2 aromatic heterocycles. The predicted molar refractivity (Wildman–Crippen MR) is 217 cm³/mol. The zero-order valence-corrected chi connectivity index (χ0v) is 34.6. The summed E-state index contributed by atoms with van der Waals surface area (Å²) in [6, 6.07) is 9.29. The van der Waals surface area contributed by atoms with Crippen LogP contribution in [0.5, 0.6) is 0 Å². The smallest absolute Gasteiger partial charge is 0.410 e. The second-order valence-electron chi connectivity index (χ2n) is 16.6. The molecule has 0 fully saturated rings. The van der Waals surface area contributed by atoms with E-state index < -0.39 is 41.1 Å². The Bertz CT molecular complexity index is 2120. The second-order valence-corrected chi connectivity index (χ2v) is 16.6. The Hall–Kier alpha value is -5.51. The number of pyridine rings is 2. The number of unbranched alkanes of at least 4 members (excludes halogenated alkanes) is 1. The van der Waals surface area contributed by atoms with Gasteiger partial charge in [-0.05, 0) is 85.8 Å². The summed E-state index contributed by atoms with van der Waals surface area (Å²) < 4.78 is 17.7. The minimum atomic E-state index is -1.93. The zero-order chi connectivity index (χ0) is 42.4. The van der Waals surface area contributed by atoms with Gasteiger partial charge < -0.3 is 44.1 Å². The highest BCUT2D eigenvalue weighted by molar-refractivity contribution is 6.02. The van der Waals surface area contributed by atoms with E-state index in [0.29, 0.717) is 62.2 Å². The van der Waals surface area contributed by atoms with Crippen LogP contribution in [0.3, 0.4) is 0 Å². The molecule has 0 spiro atoms. The predicted octanol–water partition coefficient (Wildman–Crippen LogP) is 5.80. The number of aromatic nitrogens is 2. The maximum Gasteiger partial charge on any atom is 0.410 e. The number of ether oxygens (including phenoxy) is 3. The maximum atomic E-state index is 13.8. The average Bonchev–Trinajstić information content (AvgIpc) is 3.51. The van der Waals surface area contributed by atoms with E-state index in [-0.39, 0.29) is 55.9 Å². The van der Waals surface area contributed by atoms with Crippen LogP contribution in [0.2, 0.25) is 0 Å². The van der Waals surface area contributed by atoms with Gasteiger partial charge in [-0.1, -0.05) is 25.1 Å². The van der Waals surface area contributed by atoms with Crippen LogP contribution < -0.4 is 10.9 Å². The fourth-order valence-corrected chi connectivity index (χ4v) is 7.02. The fraction of sp³-hybridized carbons (Fsp3) is 0.548. The first-order valence-electron chi connectivity index (χ1n) is 19.8. The van der Waals surface area contributed by atoms with Gasteiger partial charge in [0.15, 0.2) is 5.60 Å². The average molecular weight is 805 g/mol. The molecule has 5 rings (SSSR count). The Balaban J connectivity index is 1.24. The Labute approximate surface area is 338 Å². The van der Waals surface area contributed by atoms with Crippen molar-refractivity contribution in [3.63, 3.8) is 0 Å². The van der Waals surface area contributed by atoms with Gasteiger partial charge in [-0.2, -0.15) is 0 Å². The number of amides is 3. The lowest BCUT2D eigenvalue weighted by Crippen LogP contribution is -2.44. The summed E-state index contributed by atoms with van der Waals surface area (Å²) in [5.74, 6) is -0.780. The van der Waals surface area contributed by atoms with E-state index in [1.165, 1.54) is 4.90 Å². The van der Waals surface area contributed by atoms with E-state index in [4.69, 9.17) is 24.2 Å². The van der Waals surface area contributed by atoms with E-state index in [1.54, 1.807) is 70.2 Å². The molecule has 2 aliphatic rings. The van der Waals surface area contributed by atoms with Crippen LogP contribution in [0.15, 0.2) is 40.1 Å². The molecule has 1 aromatic carbocycles. The molecule has 0 radical (unpaired) electrons. The molecule has 4 heterocycles. The van der Waals surface area contributed by atoms with Crippen molar-refractivity contribution in [1.82, 2.24) is 24.7 Å². The fourth-order valence-electron chi connectivity index (χ4n) is 7.02. The number of para-hydroxylation sites is 1. The standard InChI is InChI=1S/C42H56N6O10/c1-8-42(55)31-23-33-34-29(25-48(33)35(49)30(31)26-56-36(42)50)28(27-15-9-10-16-32(27)45-34)24-43-17-13-22-47(39(54)58-41(5,6)7)20-12-11-19-46(38(52)53)21-14-18-44-37(51)57-40(2,3)4/h9-10,15-16,23-24,55H,8,11-14,17-22,25-26H2,1-7H3,(H,44,51)(H,52,53)/t42-/m0/s1. The molecule has 0 bridgehead atoms. The lowest BCUT2D eigenvalue weighted by atomic mass is 9.86. The highest BCUT2D eigenvalue weighted by atomic mass is 16.6. The third-order valence-corrected chi connectivity index (χ3v) is 9.88. The summed E-state index contributed by atoms with van der Waals surface area (Å²) in [6.07, 6.45) is 1.73. The van der Waals surface area contributed by atoms with Crippen LogP contribution in [0.4, 0.5) is 14.4 Å². The van der Waals surface area contributed by atoms with Crippen molar-refractivity contribution in [3.05, 3.63) is 62.9 Å². The number of carbonyl (C=O) groups excluding carboxylic acids is 3. The first kappa shape index (κ1) is 43.6. The van der Waals surface area contributed by atoms with Gasteiger partial charge in [0, 0.05) is 67.6 Å². The number of benzene rings is 1. The first-order chi connectivity index (χ1) is 27.3. The van der Waals surface area contributed by atoms with Crippen molar-refractivity contribution in [2.45, 2.75) is 111 Å². The van der Waals surface area contributed by atoms with Gasteiger partial charge in [0.25, 0.3) is 5.56 Å². The van der Waals surface area contributed by atoms with Crippen molar-refractivity contribution in [3.8, 4) is 11.4 Å². The summed E-state index contributed by atoms with van der Waals surface area (Å²) in [4.78, 5) is 76.0. The first-order valence-corrected chi connectivity index (χ1v) is 19.8. The SMILES string of the molecule is CC[C@@]1(O)C(=O)OCc2c1cc1n(c2=O)Cc2c-1nc1ccccc1c2C=NCCCN(CCCCN(CCCNC(=O)OC(C)(C)C)C(=O)O)C(=O)OC(C)(C)C. The molecule has 16 nitrogen and oxygen atoms in total. The molecule has 58 heavy (non-hydrogen) atoms. The quantitative estimate of drug-likeness (QED) is 0.0567. The maximum absolute atomic E-state index is 13.8. The molecule has 0 aliphatic carbocycles. The van der Waals surface area contributed by atoms with E-state index in [0.717, 1.165) is 16.5 Å². The van der Waals surface area contributed by atoms with E-state index in [9.17, 15) is 34.2 Å². The van der Waals surface area contributed by atoms with E-state index in [1.807, 2.05) is 24.3 Å². The van der Waals surface area contributed by atoms with Gasteiger partial charge in [0.05, 0.1) is 29.0 Å². The molecule has 0 saturated carbocycles. The number of aliphatic hydroxyl groups is 1. The molecule has 1 atom stereocenters. The number of esters is 1. The van der Waals surface area contributed by atoms with Crippen LogP contribution in [-0.2, 0) is 37.8 Å². The van der Waals surface area contributed by atoms with E-state index in [2.05, 4.69) is 5.32 Å². The number of hydrogen-bond donors (Lipinski definition) is 3. The number of rotatable bonds is 15. The molecule has 3 N–H and O–H groups in total. The molecule has 2 aliphatic heterocycles. The van der Waals surface area contributed by atoms with Crippen LogP contribution in [-0.4, -0.2) is 110 Å². The molecule has 3 aromatic rings. The summed E-state index contributed by atoms with van der Waals surface area (Å²) in [6.45, 7) is 14.2. The van der Waals surface area contributed by atoms with Gasteiger partial charge in [0.2, 0.25) is 0 Å². The van der Waals surface area contributed by atoms with Gasteiger partial charge in [0.1, 0.15) is 17.8 Å². The Morgan fingerprint density at radius 2 is 1.62 bits per heavy atom. The molecule has 3 amide bonds. The third-order valence-electron chi connectivity index (χ3n) is 9.88. The number of nitrogens with one attached hydrogen (secondary N) is 1. The monoisotopic (exact) mass is 804 g/mol. The molecular formula is C42H56N6O10. The molecule has 0 saturated heterocycles. The molecule has 0 unspecified atom stereocenters. The number of nitrogens with zero attached hydrogens (tertiary/aromatic N) is 5. The normalized spacial score (nSPS) is 16.0. The van der Waals surface area contributed by atoms with Crippen molar-refractivity contribution >= 4 is 41.4 Å². The van der Waals surface area contributed by atoms with Crippen LogP contribution in [0.1, 0.15) is 103 Å². The second kappa shape index (κ2) is 18.0. The number of carboxylic acid groups (broad SMARTS) is 1. The Morgan fingerprint density at radius 3 is 2.29 bits per heavy atom. The van der Waals surface area contributed by atoms with Crippen molar-refractivity contribution in [2.24, 2.45) is 4.99 Å². The molecular weight excluding hydrogens is 748 g/mol. The largest absolute Gasteiger partial charge is 0.465 e. The van der Waals surface area contributed by atoms with Gasteiger partial charge in [-0.15, -0.1) is 0 Å². The highest BCUT2D eigenvalue weighted by Crippen LogP contribution is 2.39. The summed E-state index contributed by atoms with van der Waals surface area (Å²) in [5.41, 5.74) is 0.261. The Kier molecular flexibility index (Phi) is 13.5. The number of hydrogen-bond acceptors (Lipinski definition) is 11. The Morgan fingerprint density at radius 1 is 0.966 bits per heavy atom. The number of fused-ring (bicyclic) bond motifs is 5. The lowest BCUT2D eigenvalue weighted by Gasteiger charge is -2.31. The topological polar surface area (TPSA) is 202 Å². The lowest BCUT2D eigenvalue weighted by molar-refractivity contribution is -0.172. The van der Waals surface area contributed by atoms with Gasteiger partial charge in [-0.3, -0.25) is 9.79 Å².